The van der Waals surface area contributed by atoms with Crippen LogP contribution in [0.1, 0.15) is 31.3 Å². The maximum Gasteiger partial charge on any atom is 0.111 e. The van der Waals surface area contributed by atoms with E-state index >= 15 is 0 Å². The minimum absolute atomic E-state index is 0. The monoisotopic (exact) mass is 370 g/mol. The second-order valence-electron chi connectivity index (χ2n) is 5.44. The lowest BCUT2D eigenvalue weighted by Crippen LogP contribution is -2.06. The van der Waals surface area contributed by atoms with Crippen LogP contribution in [-0.4, -0.2) is 19.1 Å². The van der Waals surface area contributed by atoms with Crippen molar-refractivity contribution in [2.24, 2.45) is 0 Å². The Bertz CT molecular complexity index is 792. The molecule has 2 heterocycles. The van der Waals surface area contributed by atoms with Gasteiger partial charge in [0.2, 0.25) is 0 Å². The molecule has 3 rings (SSSR count). The van der Waals surface area contributed by atoms with Crippen LogP contribution in [0.15, 0.2) is 43.1 Å². The van der Waals surface area contributed by atoms with Crippen molar-refractivity contribution in [1.82, 2.24) is 19.1 Å². The van der Waals surface area contributed by atoms with Crippen LogP contribution >= 0.6 is 35.6 Å². The summed E-state index contributed by atoms with van der Waals surface area (Å²) in [7, 11) is 0. The fourth-order valence-corrected chi connectivity index (χ4v) is 2.65. The summed E-state index contributed by atoms with van der Waals surface area (Å²) in [5.74, 6) is 1.44. The molecule has 4 nitrogen and oxygen atoms in total. The number of hydrogen-bond donors (Lipinski definition) is 0. The van der Waals surface area contributed by atoms with Gasteiger partial charge in [0, 0.05) is 30.2 Å². The number of imidazole rings is 2. The normalized spacial score (nSPS) is 10.8. The number of benzene rings is 1. The number of nitrogens with zero attached hydrogens (tertiary/aromatic N) is 4. The molecule has 1 aromatic carbocycles. The maximum absolute atomic E-state index is 6.06. The molecular weight excluding hydrogens is 355 g/mol. The molecule has 0 aliphatic carbocycles. The Hall–Kier alpha value is -1.49. The van der Waals surface area contributed by atoms with Crippen molar-refractivity contribution in [3.05, 3.63) is 64.7 Å². The Morgan fingerprint density at radius 1 is 1.13 bits per heavy atom. The SMILES string of the molecule is CC(C)c1nccn1Cc1cn(-c2ccc(Cl)c(Cl)c2)cn1.Cl. The molecule has 0 saturated carbocycles. The quantitative estimate of drug-likeness (QED) is 0.649. The van der Waals surface area contributed by atoms with Gasteiger partial charge in [0.25, 0.3) is 0 Å². The molecule has 0 spiro atoms. The number of hydrogen-bond acceptors (Lipinski definition) is 2. The van der Waals surface area contributed by atoms with Crippen LogP contribution in [0.5, 0.6) is 0 Å². The summed E-state index contributed by atoms with van der Waals surface area (Å²) in [5.41, 5.74) is 1.90. The zero-order valence-electron chi connectivity index (χ0n) is 12.8. The van der Waals surface area contributed by atoms with Crippen LogP contribution in [0.3, 0.4) is 0 Å². The van der Waals surface area contributed by atoms with E-state index < -0.39 is 0 Å². The van der Waals surface area contributed by atoms with Crippen molar-refractivity contribution in [3.63, 3.8) is 0 Å². The molecule has 0 aliphatic rings. The van der Waals surface area contributed by atoms with E-state index in [1.54, 1.807) is 12.4 Å². The summed E-state index contributed by atoms with van der Waals surface area (Å²) in [4.78, 5) is 8.85. The first-order valence-electron chi connectivity index (χ1n) is 7.04. The third kappa shape index (κ3) is 3.89. The molecule has 7 heteroatoms. The molecule has 23 heavy (non-hydrogen) atoms. The maximum atomic E-state index is 6.06. The van der Waals surface area contributed by atoms with Crippen LogP contribution < -0.4 is 0 Å². The lowest BCUT2D eigenvalue weighted by molar-refractivity contribution is 0.662. The summed E-state index contributed by atoms with van der Waals surface area (Å²) in [6.45, 7) is 4.96. The highest BCUT2D eigenvalue weighted by atomic mass is 35.5. The molecule has 0 saturated heterocycles. The Balaban J connectivity index is 0.00000192. The first kappa shape index (κ1) is 17.9. The van der Waals surface area contributed by atoms with Gasteiger partial charge in [-0.1, -0.05) is 37.0 Å². The van der Waals surface area contributed by atoms with Gasteiger partial charge in [-0.3, -0.25) is 0 Å². The number of rotatable bonds is 4. The highest BCUT2D eigenvalue weighted by Gasteiger charge is 2.09. The minimum atomic E-state index is 0. The van der Waals surface area contributed by atoms with E-state index in [1.807, 2.05) is 35.3 Å². The van der Waals surface area contributed by atoms with E-state index in [4.69, 9.17) is 23.2 Å². The van der Waals surface area contributed by atoms with Crippen LogP contribution in [-0.2, 0) is 6.54 Å². The highest BCUT2D eigenvalue weighted by Crippen LogP contribution is 2.24. The fourth-order valence-electron chi connectivity index (χ4n) is 2.36. The van der Waals surface area contributed by atoms with Gasteiger partial charge >= 0.3 is 0 Å². The number of aromatic nitrogens is 4. The Kier molecular flexibility index (Phi) is 5.74. The van der Waals surface area contributed by atoms with Gasteiger partial charge in [-0.2, -0.15) is 0 Å². The van der Waals surface area contributed by atoms with Crippen LogP contribution in [0.2, 0.25) is 10.0 Å². The first-order valence-corrected chi connectivity index (χ1v) is 7.79. The molecule has 0 N–H and O–H groups in total. The minimum Gasteiger partial charge on any atom is -0.329 e. The molecular formula is C16H17Cl3N4. The van der Waals surface area contributed by atoms with E-state index in [0.29, 0.717) is 22.5 Å². The van der Waals surface area contributed by atoms with Crippen molar-refractivity contribution in [3.8, 4) is 5.69 Å². The highest BCUT2D eigenvalue weighted by molar-refractivity contribution is 6.42. The zero-order chi connectivity index (χ0) is 15.7. The largest absolute Gasteiger partial charge is 0.329 e. The lowest BCUT2D eigenvalue weighted by Gasteiger charge is -2.08. The first-order chi connectivity index (χ1) is 10.5. The molecule has 3 aromatic rings. The van der Waals surface area contributed by atoms with Gasteiger partial charge in [0.05, 0.1) is 28.6 Å². The summed E-state index contributed by atoms with van der Waals surface area (Å²) in [6.07, 6.45) is 7.57. The molecule has 0 amide bonds. The van der Waals surface area contributed by atoms with Gasteiger partial charge in [-0.05, 0) is 18.2 Å². The number of halogens is 3. The van der Waals surface area contributed by atoms with Gasteiger partial charge in [0.15, 0.2) is 0 Å². The van der Waals surface area contributed by atoms with Gasteiger partial charge in [0.1, 0.15) is 5.82 Å². The van der Waals surface area contributed by atoms with Crippen molar-refractivity contribution >= 4 is 35.6 Å². The molecule has 0 unspecified atom stereocenters. The second kappa shape index (κ2) is 7.39. The van der Waals surface area contributed by atoms with Crippen molar-refractivity contribution in [1.29, 1.82) is 0 Å². The van der Waals surface area contributed by atoms with Crippen molar-refractivity contribution in [2.75, 3.05) is 0 Å². The van der Waals surface area contributed by atoms with Crippen LogP contribution in [0, 0.1) is 0 Å². The lowest BCUT2D eigenvalue weighted by atomic mass is 10.2. The molecule has 0 atom stereocenters. The average Bonchev–Trinajstić information content (AvgIpc) is 3.11. The molecule has 0 aliphatic heterocycles. The fraction of sp³-hybridized carbons (Fsp3) is 0.250. The molecule has 122 valence electrons. The predicted octanol–water partition coefficient (Wildman–Crippen LogP) is 4.97. The van der Waals surface area contributed by atoms with Crippen molar-refractivity contribution in [2.45, 2.75) is 26.3 Å². The van der Waals surface area contributed by atoms with E-state index in [0.717, 1.165) is 17.2 Å². The van der Waals surface area contributed by atoms with E-state index in [9.17, 15) is 0 Å². The Labute approximate surface area is 151 Å². The zero-order valence-corrected chi connectivity index (χ0v) is 15.1. The van der Waals surface area contributed by atoms with E-state index in [-0.39, 0.29) is 12.4 Å². The topological polar surface area (TPSA) is 35.6 Å². The van der Waals surface area contributed by atoms with E-state index in [1.165, 1.54) is 0 Å². The third-order valence-corrected chi connectivity index (χ3v) is 4.17. The molecule has 0 fully saturated rings. The van der Waals surface area contributed by atoms with E-state index in [2.05, 4.69) is 28.4 Å². The standard InChI is InChI=1S/C16H16Cl2N4.ClH/c1-11(2)16-19-5-6-21(16)8-12-9-22(10-20-12)13-3-4-14(17)15(18)7-13;/h3-7,9-11H,8H2,1-2H3;1H. The van der Waals surface area contributed by atoms with Gasteiger partial charge in [-0.25, -0.2) is 9.97 Å². The average molecular weight is 372 g/mol. The molecule has 2 aromatic heterocycles. The Morgan fingerprint density at radius 2 is 1.91 bits per heavy atom. The molecule has 0 bridgehead atoms. The second-order valence-corrected chi connectivity index (χ2v) is 6.25. The predicted molar refractivity (Wildman–Crippen MR) is 96.3 cm³/mol. The van der Waals surface area contributed by atoms with Crippen LogP contribution in [0.4, 0.5) is 0 Å². The summed E-state index contributed by atoms with van der Waals surface area (Å²) >= 11 is 12.0. The van der Waals surface area contributed by atoms with Gasteiger partial charge in [-0.15, -0.1) is 12.4 Å². The summed E-state index contributed by atoms with van der Waals surface area (Å²) in [5, 5.41) is 1.08. The molecule has 0 radical (unpaired) electrons. The van der Waals surface area contributed by atoms with Crippen molar-refractivity contribution < 1.29 is 0 Å². The van der Waals surface area contributed by atoms with Crippen LogP contribution in [0.25, 0.3) is 5.69 Å². The summed E-state index contributed by atoms with van der Waals surface area (Å²) in [6, 6.07) is 5.52. The third-order valence-electron chi connectivity index (χ3n) is 3.43. The Morgan fingerprint density at radius 3 is 2.61 bits per heavy atom. The smallest absolute Gasteiger partial charge is 0.111 e. The van der Waals surface area contributed by atoms with Gasteiger partial charge < -0.3 is 9.13 Å². The summed E-state index contributed by atoms with van der Waals surface area (Å²) < 4.78 is 4.05.